The smallest absolute Gasteiger partial charge is 0.142 e. The Balaban J connectivity index is 3.18. The summed E-state index contributed by atoms with van der Waals surface area (Å²) in [6, 6.07) is 1.91. The zero-order valence-electron chi connectivity index (χ0n) is 9.48. The van der Waals surface area contributed by atoms with E-state index in [0.717, 1.165) is 11.1 Å². The van der Waals surface area contributed by atoms with Crippen LogP contribution in [0.2, 0.25) is 5.02 Å². The summed E-state index contributed by atoms with van der Waals surface area (Å²) in [6.07, 6.45) is 0. The molecule has 1 aromatic carbocycles. The molecule has 0 atom stereocenters. The molecule has 0 heterocycles. The molecule has 0 unspecified atom stereocenters. The molecule has 0 bridgehead atoms. The summed E-state index contributed by atoms with van der Waals surface area (Å²) in [7, 11) is 3.20. The van der Waals surface area contributed by atoms with Gasteiger partial charge in [-0.15, -0.1) is 0 Å². The lowest BCUT2D eigenvalue weighted by Gasteiger charge is -2.15. The first kappa shape index (κ1) is 12.3. The first-order valence-electron chi connectivity index (χ1n) is 4.70. The van der Waals surface area contributed by atoms with Gasteiger partial charge in [-0.1, -0.05) is 11.6 Å². The van der Waals surface area contributed by atoms with E-state index in [1.54, 1.807) is 14.2 Å². The molecule has 1 aromatic rings. The Labute approximate surface area is 95.3 Å². The predicted octanol–water partition coefficient (Wildman–Crippen LogP) is 2.62. The predicted molar refractivity (Wildman–Crippen MR) is 61.3 cm³/mol. The number of rotatable bonds is 4. The molecule has 15 heavy (non-hydrogen) atoms. The molecule has 0 radical (unpaired) electrons. The van der Waals surface area contributed by atoms with E-state index >= 15 is 0 Å². The van der Waals surface area contributed by atoms with E-state index in [9.17, 15) is 0 Å². The van der Waals surface area contributed by atoms with Crippen molar-refractivity contribution in [2.24, 2.45) is 0 Å². The van der Waals surface area contributed by atoms with Gasteiger partial charge in [-0.3, -0.25) is 0 Å². The van der Waals surface area contributed by atoms with Crippen molar-refractivity contribution in [3.8, 4) is 5.75 Å². The van der Waals surface area contributed by atoms with Crippen LogP contribution < -0.4 is 10.2 Å². The van der Waals surface area contributed by atoms with Crippen molar-refractivity contribution < 1.29 is 9.57 Å². The first-order valence-corrected chi connectivity index (χ1v) is 5.08. The van der Waals surface area contributed by atoms with Crippen LogP contribution in [0.15, 0.2) is 6.07 Å². The third kappa shape index (κ3) is 2.62. The Kier molecular flexibility index (Phi) is 4.39. The van der Waals surface area contributed by atoms with E-state index in [1.807, 2.05) is 19.9 Å². The summed E-state index contributed by atoms with van der Waals surface area (Å²) >= 11 is 6.09. The van der Waals surface area contributed by atoms with Gasteiger partial charge in [0.25, 0.3) is 0 Å². The molecule has 0 saturated carbocycles. The molecule has 0 spiro atoms. The molecule has 0 saturated heterocycles. The Morgan fingerprint density at radius 2 is 2.00 bits per heavy atom. The van der Waals surface area contributed by atoms with Crippen LogP contribution in [0.5, 0.6) is 5.75 Å². The summed E-state index contributed by atoms with van der Waals surface area (Å²) < 4.78 is 5.28. The molecule has 0 aliphatic heterocycles. The summed E-state index contributed by atoms with van der Waals surface area (Å²) in [5.74, 6) is 0.712. The fraction of sp³-hybridized carbons (Fsp3) is 0.455. The van der Waals surface area contributed by atoms with Crippen LogP contribution >= 0.6 is 11.6 Å². The normalized spacial score (nSPS) is 10.5. The van der Waals surface area contributed by atoms with Crippen LogP contribution in [0.1, 0.15) is 16.7 Å². The van der Waals surface area contributed by atoms with Crippen LogP contribution in [0.3, 0.4) is 0 Å². The van der Waals surface area contributed by atoms with Crippen LogP contribution in [0, 0.1) is 13.8 Å². The minimum atomic E-state index is 0.576. The van der Waals surface area contributed by atoms with Crippen molar-refractivity contribution in [3.63, 3.8) is 0 Å². The van der Waals surface area contributed by atoms with Crippen LogP contribution in [-0.2, 0) is 11.4 Å². The maximum Gasteiger partial charge on any atom is 0.142 e. The van der Waals surface area contributed by atoms with E-state index in [-0.39, 0.29) is 0 Å². The molecule has 0 aromatic heterocycles. The topological polar surface area (TPSA) is 30.5 Å². The van der Waals surface area contributed by atoms with E-state index in [1.165, 1.54) is 5.56 Å². The van der Waals surface area contributed by atoms with Gasteiger partial charge in [0.15, 0.2) is 0 Å². The maximum atomic E-state index is 6.09. The number of hydrogen-bond donors (Lipinski definition) is 1. The summed E-state index contributed by atoms with van der Waals surface area (Å²) in [4.78, 5) is 4.83. The van der Waals surface area contributed by atoms with Crippen molar-refractivity contribution in [2.45, 2.75) is 20.4 Å². The van der Waals surface area contributed by atoms with Gasteiger partial charge in [-0.25, -0.2) is 0 Å². The SMILES string of the molecule is CONCc1c(C)c(C)cc(Cl)c1OC. The van der Waals surface area contributed by atoms with E-state index in [0.29, 0.717) is 17.3 Å². The molecule has 0 aliphatic rings. The van der Waals surface area contributed by atoms with Gasteiger partial charge in [-0.05, 0) is 31.0 Å². The second kappa shape index (κ2) is 5.35. The molecule has 84 valence electrons. The van der Waals surface area contributed by atoms with Crippen molar-refractivity contribution in [1.29, 1.82) is 0 Å². The van der Waals surface area contributed by atoms with Gasteiger partial charge in [0, 0.05) is 12.1 Å². The lowest BCUT2D eigenvalue weighted by atomic mass is 10.0. The van der Waals surface area contributed by atoms with Crippen LogP contribution in [0.4, 0.5) is 0 Å². The zero-order valence-corrected chi connectivity index (χ0v) is 10.2. The molecule has 3 nitrogen and oxygen atoms in total. The monoisotopic (exact) mass is 229 g/mol. The number of hydroxylamine groups is 1. The minimum Gasteiger partial charge on any atom is -0.495 e. The number of hydrogen-bond acceptors (Lipinski definition) is 3. The number of aryl methyl sites for hydroxylation is 1. The molecule has 0 fully saturated rings. The second-order valence-corrected chi connectivity index (χ2v) is 3.74. The number of methoxy groups -OCH3 is 1. The largest absolute Gasteiger partial charge is 0.495 e. The Morgan fingerprint density at radius 3 is 2.53 bits per heavy atom. The van der Waals surface area contributed by atoms with E-state index < -0.39 is 0 Å². The molecule has 4 heteroatoms. The van der Waals surface area contributed by atoms with Gasteiger partial charge < -0.3 is 9.57 Å². The fourth-order valence-corrected chi connectivity index (χ4v) is 1.85. The van der Waals surface area contributed by atoms with Gasteiger partial charge in [0.1, 0.15) is 5.75 Å². The molecule has 0 aliphatic carbocycles. The van der Waals surface area contributed by atoms with Crippen LogP contribution in [-0.4, -0.2) is 14.2 Å². The van der Waals surface area contributed by atoms with E-state index in [2.05, 4.69) is 5.48 Å². The lowest BCUT2D eigenvalue weighted by molar-refractivity contribution is 0.0860. The quantitative estimate of drug-likeness (QED) is 0.806. The highest BCUT2D eigenvalue weighted by atomic mass is 35.5. The molecular formula is C11H16ClNO2. The second-order valence-electron chi connectivity index (χ2n) is 3.34. The summed E-state index contributed by atoms with van der Waals surface area (Å²) in [5.41, 5.74) is 6.14. The fourth-order valence-electron chi connectivity index (χ4n) is 1.49. The third-order valence-electron chi connectivity index (χ3n) is 2.48. The average Bonchev–Trinajstić information content (AvgIpc) is 2.21. The van der Waals surface area contributed by atoms with Crippen molar-refractivity contribution >= 4 is 11.6 Å². The molecule has 1 N–H and O–H groups in total. The van der Waals surface area contributed by atoms with Gasteiger partial charge in [-0.2, -0.15) is 5.48 Å². The van der Waals surface area contributed by atoms with Crippen LogP contribution in [0.25, 0.3) is 0 Å². The third-order valence-corrected chi connectivity index (χ3v) is 2.76. The Hall–Kier alpha value is -0.770. The van der Waals surface area contributed by atoms with E-state index in [4.69, 9.17) is 21.2 Å². The number of halogens is 1. The number of nitrogens with one attached hydrogen (secondary N) is 1. The number of ether oxygens (including phenoxy) is 1. The molecule has 1 rings (SSSR count). The van der Waals surface area contributed by atoms with Gasteiger partial charge in [0.05, 0.1) is 19.2 Å². The summed E-state index contributed by atoms with van der Waals surface area (Å²) in [5, 5.41) is 0.633. The summed E-state index contributed by atoms with van der Waals surface area (Å²) in [6.45, 7) is 4.64. The molecular weight excluding hydrogens is 214 g/mol. The number of benzene rings is 1. The van der Waals surface area contributed by atoms with Crippen molar-refractivity contribution in [3.05, 3.63) is 27.8 Å². The Bertz CT molecular complexity index is 353. The van der Waals surface area contributed by atoms with Gasteiger partial charge in [0.2, 0.25) is 0 Å². The highest BCUT2D eigenvalue weighted by Crippen LogP contribution is 2.33. The Morgan fingerprint density at radius 1 is 1.33 bits per heavy atom. The van der Waals surface area contributed by atoms with Gasteiger partial charge >= 0.3 is 0 Å². The minimum absolute atomic E-state index is 0.576. The molecule has 0 amide bonds. The lowest BCUT2D eigenvalue weighted by Crippen LogP contribution is -2.13. The zero-order chi connectivity index (χ0) is 11.4. The standard InChI is InChI=1S/C11H16ClNO2/c1-7-5-10(12)11(14-3)9(8(7)2)6-13-15-4/h5,13H,6H2,1-4H3. The first-order chi connectivity index (χ1) is 7.11. The maximum absolute atomic E-state index is 6.09. The average molecular weight is 230 g/mol. The van der Waals surface area contributed by atoms with Crippen molar-refractivity contribution in [1.82, 2.24) is 5.48 Å². The van der Waals surface area contributed by atoms with Crippen molar-refractivity contribution in [2.75, 3.05) is 14.2 Å². The highest BCUT2D eigenvalue weighted by molar-refractivity contribution is 6.32. The highest BCUT2D eigenvalue weighted by Gasteiger charge is 2.12.